The summed E-state index contributed by atoms with van der Waals surface area (Å²) in [4.78, 5) is 16.0. The minimum atomic E-state index is -0.0879. The van der Waals surface area contributed by atoms with Gasteiger partial charge in [-0.15, -0.1) is 0 Å². The van der Waals surface area contributed by atoms with E-state index in [1.807, 2.05) is 31.2 Å². The van der Waals surface area contributed by atoms with Gasteiger partial charge in [0, 0.05) is 33.4 Å². The summed E-state index contributed by atoms with van der Waals surface area (Å²) in [5.74, 6) is 1.33. The molecule has 1 amide bonds. The second-order valence-electron chi connectivity index (χ2n) is 5.38. The maximum Gasteiger partial charge on any atom is 0.239 e. The average molecular weight is 350 g/mol. The summed E-state index contributed by atoms with van der Waals surface area (Å²) >= 11 is 0. The Kier molecular flexibility index (Phi) is 10.8. The van der Waals surface area contributed by atoms with Gasteiger partial charge in [0.1, 0.15) is 5.75 Å². The molecule has 0 heterocycles. The van der Waals surface area contributed by atoms with Crippen LogP contribution in [0.3, 0.4) is 0 Å². The van der Waals surface area contributed by atoms with Crippen molar-refractivity contribution in [3.8, 4) is 5.75 Å². The van der Waals surface area contributed by atoms with E-state index in [9.17, 15) is 4.79 Å². The van der Waals surface area contributed by atoms with Crippen molar-refractivity contribution in [3.05, 3.63) is 29.8 Å². The Hall–Kier alpha value is -2.28. The molecule has 0 saturated carbocycles. The van der Waals surface area contributed by atoms with Crippen LogP contribution < -0.4 is 20.7 Å². The van der Waals surface area contributed by atoms with E-state index in [2.05, 4.69) is 20.9 Å². The standard InChI is InChI=1S/C18H30N4O3/c1-4-25-12-6-5-11-20-18(19-2)22-14-17(23)21-13-15-7-9-16(24-3)10-8-15/h7-10H,4-6,11-14H2,1-3H3,(H,21,23)(H2,19,20,22). The van der Waals surface area contributed by atoms with E-state index in [1.165, 1.54) is 0 Å². The van der Waals surface area contributed by atoms with Gasteiger partial charge in [-0.2, -0.15) is 0 Å². The number of nitrogens with one attached hydrogen (secondary N) is 3. The molecule has 3 N–H and O–H groups in total. The lowest BCUT2D eigenvalue weighted by Gasteiger charge is -2.12. The van der Waals surface area contributed by atoms with Crippen LogP contribution in [0.2, 0.25) is 0 Å². The molecular formula is C18H30N4O3. The average Bonchev–Trinajstić information content (AvgIpc) is 2.65. The molecule has 0 fully saturated rings. The zero-order valence-corrected chi connectivity index (χ0v) is 15.4. The minimum Gasteiger partial charge on any atom is -0.497 e. The van der Waals surface area contributed by atoms with Gasteiger partial charge in [-0.05, 0) is 37.5 Å². The van der Waals surface area contributed by atoms with Crippen LogP contribution in [0.5, 0.6) is 5.75 Å². The summed E-state index contributed by atoms with van der Waals surface area (Å²) in [6.45, 7) is 4.97. The van der Waals surface area contributed by atoms with Crippen molar-refractivity contribution in [3.63, 3.8) is 0 Å². The summed E-state index contributed by atoms with van der Waals surface area (Å²) in [6.07, 6.45) is 1.99. The molecule has 0 saturated heterocycles. The van der Waals surface area contributed by atoms with Crippen molar-refractivity contribution in [2.75, 3.05) is 40.5 Å². The summed E-state index contributed by atoms with van der Waals surface area (Å²) < 4.78 is 10.4. The van der Waals surface area contributed by atoms with Crippen LogP contribution in [-0.2, 0) is 16.1 Å². The molecule has 7 heteroatoms. The largest absolute Gasteiger partial charge is 0.497 e. The van der Waals surface area contributed by atoms with Gasteiger partial charge in [-0.25, -0.2) is 0 Å². The molecule has 0 aromatic heterocycles. The predicted octanol–water partition coefficient (Wildman–Crippen LogP) is 1.29. The van der Waals surface area contributed by atoms with Crippen molar-refractivity contribution in [2.45, 2.75) is 26.3 Å². The Balaban J connectivity index is 2.17. The molecular weight excluding hydrogens is 320 g/mol. The lowest BCUT2D eigenvalue weighted by molar-refractivity contribution is -0.120. The van der Waals surface area contributed by atoms with Gasteiger partial charge >= 0.3 is 0 Å². The zero-order chi connectivity index (χ0) is 18.3. The number of hydrogen-bond acceptors (Lipinski definition) is 4. The number of amides is 1. The highest BCUT2D eigenvalue weighted by atomic mass is 16.5. The first-order chi connectivity index (χ1) is 12.2. The number of ether oxygens (including phenoxy) is 2. The van der Waals surface area contributed by atoms with Crippen molar-refractivity contribution in [1.29, 1.82) is 0 Å². The van der Waals surface area contributed by atoms with E-state index in [1.54, 1.807) is 14.2 Å². The molecule has 0 unspecified atom stereocenters. The smallest absolute Gasteiger partial charge is 0.239 e. The van der Waals surface area contributed by atoms with Gasteiger partial charge in [0.15, 0.2) is 5.96 Å². The second kappa shape index (κ2) is 13.1. The Morgan fingerprint density at radius 2 is 1.88 bits per heavy atom. The molecule has 1 rings (SSSR count). The van der Waals surface area contributed by atoms with Gasteiger partial charge in [0.2, 0.25) is 5.91 Å². The van der Waals surface area contributed by atoms with Crippen LogP contribution in [0.4, 0.5) is 0 Å². The number of benzene rings is 1. The number of guanidine groups is 1. The number of methoxy groups -OCH3 is 1. The van der Waals surface area contributed by atoms with Gasteiger partial charge in [-0.1, -0.05) is 12.1 Å². The number of rotatable bonds is 11. The van der Waals surface area contributed by atoms with Gasteiger partial charge < -0.3 is 25.4 Å². The van der Waals surface area contributed by atoms with Crippen LogP contribution in [0.25, 0.3) is 0 Å². The summed E-state index contributed by atoms with van der Waals surface area (Å²) in [7, 11) is 3.31. The molecule has 7 nitrogen and oxygen atoms in total. The first-order valence-electron chi connectivity index (χ1n) is 8.61. The van der Waals surface area contributed by atoms with Gasteiger partial charge in [0.05, 0.1) is 13.7 Å². The number of aliphatic imine (C=N–C) groups is 1. The Morgan fingerprint density at radius 1 is 1.12 bits per heavy atom. The van der Waals surface area contributed by atoms with E-state index in [0.29, 0.717) is 12.5 Å². The first kappa shape index (κ1) is 20.8. The highest BCUT2D eigenvalue weighted by Crippen LogP contribution is 2.10. The summed E-state index contributed by atoms with van der Waals surface area (Å²) in [5, 5.41) is 9.04. The number of unbranched alkanes of at least 4 members (excludes halogenated alkanes) is 1. The normalized spacial score (nSPS) is 11.1. The molecule has 1 aromatic carbocycles. The number of nitrogens with zero attached hydrogens (tertiary/aromatic N) is 1. The fourth-order valence-corrected chi connectivity index (χ4v) is 2.07. The first-order valence-corrected chi connectivity index (χ1v) is 8.61. The Morgan fingerprint density at radius 3 is 2.52 bits per heavy atom. The third-order valence-electron chi connectivity index (χ3n) is 3.50. The summed E-state index contributed by atoms with van der Waals surface area (Å²) in [6, 6.07) is 7.60. The lowest BCUT2D eigenvalue weighted by Crippen LogP contribution is -2.43. The molecule has 0 aliphatic heterocycles. The molecule has 0 aliphatic rings. The van der Waals surface area contributed by atoms with E-state index in [4.69, 9.17) is 9.47 Å². The fourth-order valence-electron chi connectivity index (χ4n) is 2.07. The van der Waals surface area contributed by atoms with E-state index < -0.39 is 0 Å². The van der Waals surface area contributed by atoms with Gasteiger partial charge in [0.25, 0.3) is 0 Å². The van der Waals surface area contributed by atoms with E-state index in [-0.39, 0.29) is 12.5 Å². The van der Waals surface area contributed by atoms with Crippen molar-refractivity contribution >= 4 is 11.9 Å². The van der Waals surface area contributed by atoms with E-state index >= 15 is 0 Å². The molecule has 0 spiro atoms. The molecule has 0 atom stereocenters. The molecule has 140 valence electrons. The number of carbonyl (C=O) groups is 1. The van der Waals surface area contributed by atoms with Crippen molar-refractivity contribution in [1.82, 2.24) is 16.0 Å². The van der Waals surface area contributed by atoms with Gasteiger partial charge in [-0.3, -0.25) is 9.79 Å². The predicted molar refractivity (Wildman–Crippen MR) is 99.9 cm³/mol. The topological polar surface area (TPSA) is 84.0 Å². The maximum atomic E-state index is 11.9. The molecule has 0 radical (unpaired) electrons. The highest BCUT2D eigenvalue weighted by molar-refractivity contribution is 5.86. The monoisotopic (exact) mass is 350 g/mol. The molecule has 1 aromatic rings. The van der Waals surface area contributed by atoms with Crippen LogP contribution in [0, 0.1) is 0 Å². The van der Waals surface area contributed by atoms with Crippen LogP contribution in [0.15, 0.2) is 29.3 Å². The quantitative estimate of drug-likeness (QED) is 0.318. The van der Waals surface area contributed by atoms with Crippen LogP contribution in [0.1, 0.15) is 25.3 Å². The molecule has 0 bridgehead atoms. The Bertz CT molecular complexity index is 518. The maximum absolute atomic E-state index is 11.9. The van der Waals surface area contributed by atoms with E-state index in [0.717, 1.165) is 43.9 Å². The molecule has 0 aliphatic carbocycles. The third-order valence-corrected chi connectivity index (χ3v) is 3.50. The number of hydrogen-bond donors (Lipinski definition) is 3. The van der Waals surface area contributed by atoms with Crippen LogP contribution >= 0.6 is 0 Å². The SMILES string of the molecule is CCOCCCCNC(=NC)NCC(=O)NCc1ccc(OC)cc1. The fraction of sp³-hybridized carbons (Fsp3) is 0.556. The van der Waals surface area contributed by atoms with Crippen LogP contribution in [-0.4, -0.2) is 52.3 Å². The zero-order valence-electron chi connectivity index (χ0n) is 15.4. The minimum absolute atomic E-state index is 0.0879. The number of carbonyl (C=O) groups excluding carboxylic acids is 1. The third kappa shape index (κ3) is 9.56. The van der Waals surface area contributed by atoms with Crippen molar-refractivity contribution < 1.29 is 14.3 Å². The molecule has 25 heavy (non-hydrogen) atoms. The van der Waals surface area contributed by atoms with Crippen molar-refractivity contribution in [2.24, 2.45) is 4.99 Å². The second-order valence-corrected chi connectivity index (χ2v) is 5.38. The summed E-state index contributed by atoms with van der Waals surface area (Å²) in [5.41, 5.74) is 1.02. The highest BCUT2D eigenvalue weighted by Gasteiger charge is 2.03. The Labute approximate surface area is 150 Å². The lowest BCUT2D eigenvalue weighted by atomic mass is 10.2.